The second-order valence-corrected chi connectivity index (χ2v) is 3.94. The lowest BCUT2D eigenvalue weighted by Gasteiger charge is -2.18. The van der Waals surface area contributed by atoms with Gasteiger partial charge in [0.2, 0.25) is 0 Å². The fourth-order valence-electron chi connectivity index (χ4n) is 1.87. The van der Waals surface area contributed by atoms with Crippen LogP contribution in [0.25, 0.3) is 0 Å². The summed E-state index contributed by atoms with van der Waals surface area (Å²) in [5.74, 6) is -1.17. The molecule has 1 aromatic heterocycles. The van der Waals surface area contributed by atoms with Crippen molar-refractivity contribution >= 4 is 0 Å². The molecule has 6 heteroatoms. The lowest BCUT2D eigenvalue weighted by Crippen LogP contribution is -2.25. The molecule has 0 saturated carbocycles. The molecule has 0 spiro atoms. The molecule has 1 atom stereocenters. The van der Waals surface area contributed by atoms with Crippen molar-refractivity contribution in [3.8, 4) is 0 Å². The molecule has 2 aromatic rings. The molecule has 96 valence electrons. The maximum atomic E-state index is 13.8. The highest BCUT2D eigenvalue weighted by Crippen LogP contribution is 2.23. The van der Waals surface area contributed by atoms with Crippen LogP contribution in [0.5, 0.6) is 0 Å². The van der Waals surface area contributed by atoms with Crippen LogP contribution >= 0.6 is 0 Å². The largest absolute Gasteiger partial charge is 0.305 e. The molecule has 18 heavy (non-hydrogen) atoms. The van der Waals surface area contributed by atoms with Gasteiger partial charge in [0.15, 0.2) is 0 Å². The number of rotatable bonds is 4. The zero-order chi connectivity index (χ0) is 13.1. The topological polar surface area (TPSA) is 42.7 Å². The van der Waals surface area contributed by atoms with Crippen LogP contribution in [0, 0.1) is 11.6 Å². The normalized spacial score (nSPS) is 12.7. The Hall–Kier alpha value is -1.82. The number of hydrogen-bond acceptors (Lipinski definition) is 3. The standard InChI is InChI=1S/C12H14F2N4/c1-3-15-12(11-7-16-17-18(11)2)9-5-4-8(13)6-10(9)14/h4-7,12,15H,3H2,1-2H3. The smallest absolute Gasteiger partial charge is 0.131 e. The Morgan fingerprint density at radius 3 is 2.72 bits per heavy atom. The molecular formula is C12H14F2N4. The second-order valence-electron chi connectivity index (χ2n) is 3.94. The van der Waals surface area contributed by atoms with E-state index in [1.54, 1.807) is 17.9 Å². The Morgan fingerprint density at radius 1 is 1.39 bits per heavy atom. The van der Waals surface area contributed by atoms with Gasteiger partial charge in [-0.3, -0.25) is 4.68 Å². The van der Waals surface area contributed by atoms with Gasteiger partial charge in [-0.15, -0.1) is 5.10 Å². The van der Waals surface area contributed by atoms with Crippen LogP contribution in [0.15, 0.2) is 24.4 Å². The molecule has 2 rings (SSSR count). The Bertz CT molecular complexity index is 539. The zero-order valence-corrected chi connectivity index (χ0v) is 10.2. The number of halogens is 2. The minimum absolute atomic E-state index is 0.378. The van der Waals surface area contributed by atoms with Gasteiger partial charge >= 0.3 is 0 Å². The van der Waals surface area contributed by atoms with E-state index in [1.807, 2.05) is 6.92 Å². The van der Waals surface area contributed by atoms with E-state index in [0.717, 1.165) is 11.8 Å². The number of benzene rings is 1. The molecule has 1 aromatic carbocycles. The first-order valence-corrected chi connectivity index (χ1v) is 5.66. The van der Waals surface area contributed by atoms with Gasteiger partial charge in [0.25, 0.3) is 0 Å². The van der Waals surface area contributed by atoms with Crippen LogP contribution in [0.4, 0.5) is 8.78 Å². The van der Waals surface area contributed by atoms with Crippen molar-refractivity contribution in [3.63, 3.8) is 0 Å². The molecule has 0 amide bonds. The first-order valence-electron chi connectivity index (χ1n) is 5.66. The monoisotopic (exact) mass is 252 g/mol. The molecule has 0 aliphatic heterocycles. The average molecular weight is 252 g/mol. The lowest BCUT2D eigenvalue weighted by atomic mass is 10.0. The minimum atomic E-state index is -0.588. The van der Waals surface area contributed by atoms with Crippen molar-refractivity contribution in [1.29, 1.82) is 0 Å². The van der Waals surface area contributed by atoms with Gasteiger partial charge < -0.3 is 5.32 Å². The van der Waals surface area contributed by atoms with Crippen LogP contribution in [0.2, 0.25) is 0 Å². The fourth-order valence-corrected chi connectivity index (χ4v) is 1.87. The van der Waals surface area contributed by atoms with E-state index in [1.165, 1.54) is 12.1 Å². The summed E-state index contributed by atoms with van der Waals surface area (Å²) in [6.45, 7) is 2.56. The van der Waals surface area contributed by atoms with Gasteiger partial charge in [0.05, 0.1) is 17.9 Å². The van der Waals surface area contributed by atoms with Crippen molar-refractivity contribution in [2.75, 3.05) is 6.54 Å². The van der Waals surface area contributed by atoms with Crippen molar-refractivity contribution in [2.45, 2.75) is 13.0 Å². The Balaban J connectivity index is 2.45. The van der Waals surface area contributed by atoms with Crippen molar-refractivity contribution in [1.82, 2.24) is 20.3 Å². The van der Waals surface area contributed by atoms with Gasteiger partial charge in [-0.25, -0.2) is 8.78 Å². The van der Waals surface area contributed by atoms with E-state index in [9.17, 15) is 8.78 Å². The number of hydrogen-bond donors (Lipinski definition) is 1. The fraction of sp³-hybridized carbons (Fsp3) is 0.333. The van der Waals surface area contributed by atoms with E-state index < -0.39 is 17.7 Å². The number of nitrogens with one attached hydrogen (secondary N) is 1. The van der Waals surface area contributed by atoms with Crippen LogP contribution < -0.4 is 5.32 Å². The summed E-state index contributed by atoms with van der Waals surface area (Å²) in [4.78, 5) is 0. The lowest BCUT2D eigenvalue weighted by molar-refractivity contribution is 0.520. The molecule has 1 unspecified atom stereocenters. The van der Waals surface area contributed by atoms with E-state index in [-0.39, 0.29) is 0 Å². The number of aromatic nitrogens is 3. The predicted molar refractivity (Wildman–Crippen MR) is 62.9 cm³/mol. The molecule has 0 radical (unpaired) electrons. The zero-order valence-electron chi connectivity index (χ0n) is 10.2. The summed E-state index contributed by atoms with van der Waals surface area (Å²) in [7, 11) is 1.73. The van der Waals surface area contributed by atoms with Gasteiger partial charge in [-0.05, 0) is 12.6 Å². The summed E-state index contributed by atoms with van der Waals surface area (Å²) < 4.78 is 28.3. The van der Waals surface area contributed by atoms with E-state index in [4.69, 9.17) is 0 Å². The first-order chi connectivity index (χ1) is 8.63. The molecule has 0 saturated heterocycles. The van der Waals surface area contributed by atoms with Crippen LogP contribution in [-0.4, -0.2) is 21.5 Å². The van der Waals surface area contributed by atoms with Crippen LogP contribution in [-0.2, 0) is 7.05 Å². The molecule has 0 bridgehead atoms. The Morgan fingerprint density at radius 2 is 2.17 bits per heavy atom. The van der Waals surface area contributed by atoms with Gasteiger partial charge in [-0.2, -0.15) is 0 Å². The van der Waals surface area contributed by atoms with E-state index in [0.29, 0.717) is 12.1 Å². The third kappa shape index (κ3) is 2.38. The summed E-state index contributed by atoms with van der Waals surface area (Å²) in [6.07, 6.45) is 1.57. The van der Waals surface area contributed by atoms with Crippen molar-refractivity contribution in [2.24, 2.45) is 7.05 Å². The summed E-state index contributed by atoms with van der Waals surface area (Å²) >= 11 is 0. The predicted octanol–water partition coefficient (Wildman–Crippen LogP) is 1.79. The molecule has 1 heterocycles. The second kappa shape index (κ2) is 5.22. The van der Waals surface area contributed by atoms with Crippen molar-refractivity contribution < 1.29 is 8.78 Å². The summed E-state index contributed by atoms with van der Waals surface area (Å²) in [5, 5.41) is 10.7. The molecular weight excluding hydrogens is 238 g/mol. The van der Waals surface area contributed by atoms with Crippen LogP contribution in [0.1, 0.15) is 24.2 Å². The summed E-state index contributed by atoms with van der Waals surface area (Å²) in [5.41, 5.74) is 1.10. The number of nitrogens with zero attached hydrogens (tertiary/aromatic N) is 3. The minimum Gasteiger partial charge on any atom is -0.305 e. The van der Waals surface area contributed by atoms with E-state index >= 15 is 0 Å². The highest BCUT2D eigenvalue weighted by Gasteiger charge is 2.20. The summed E-state index contributed by atoms with van der Waals surface area (Å²) in [6, 6.07) is 3.16. The first kappa shape index (κ1) is 12.6. The quantitative estimate of drug-likeness (QED) is 0.902. The third-order valence-corrected chi connectivity index (χ3v) is 2.73. The highest BCUT2D eigenvalue weighted by molar-refractivity contribution is 5.28. The molecule has 4 nitrogen and oxygen atoms in total. The maximum Gasteiger partial charge on any atom is 0.131 e. The van der Waals surface area contributed by atoms with E-state index in [2.05, 4.69) is 15.6 Å². The molecule has 1 N–H and O–H groups in total. The Labute approximate surface area is 104 Å². The third-order valence-electron chi connectivity index (χ3n) is 2.73. The SMILES string of the molecule is CCNC(c1ccc(F)cc1F)c1cnnn1C. The number of aryl methyl sites for hydroxylation is 1. The molecule has 0 aliphatic rings. The molecule has 0 fully saturated rings. The average Bonchev–Trinajstić information content (AvgIpc) is 2.73. The molecule has 0 aliphatic carbocycles. The Kier molecular flexibility index (Phi) is 3.66. The van der Waals surface area contributed by atoms with Crippen molar-refractivity contribution in [3.05, 3.63) is 47.3 Å². The van der Waals surface area contributed by atoms with Crippen LogP contribution in [0.3, 0.4) is 0 Å². The van der Waals surface area contributed by atoms with Gasteiger partial charge in [-0.1, -0.05) is 18.2 Å². The highest BCUT2D eigenvalue weighted by atomic mass is 19.1. The van der Waals surface area contributed by atoms with Gasteiger partial charge in [0.1, 0.15) is 11.6 Å². The maximum absolute atomic E-state index is 13.8. The van der Waals surface area contributed by atoms with Gasteiger partial charge in [0, 0.05) is 18.7 Å².